The topological polar surface area (TPSA) is 70.4 Å². The van der Waals surface area contributed by atoms with Crippen molar-refractivity contribution < 1.29 is 18.7 Å². The van der Waals surface area contributed by atoms with Gasteiger partial charge in [-0.05, 0) is 31.2 Å². The molecule has 26 heavy (non-hydrogen) atoms. The van der Waals surface area contributed by atoms with Gasteiger partial charge in [0.25, 0.3) is 0 Å². The van der Waals surface area contributed by atoms with Gasteiger partial charge in [-0.3, -0.25) is 4.79 Å². The lowest BCUT2D eigenvalue weighted by atomic mass is 10.2. The standard InChI is InChI=1S/C19H15FN2O4/c1-12-11-15(23)18(21-22(12)14-8-4-3-7-13(14)20)19(24)26-17-10-6-5-9-16(17)25-2/h3-11H,1-2H3. The lowest BCUT2D eigenvalue weighted by molar-refractivity contribution is 0.0720. The number of benzene rings is 2. The summed E-state index contributed by atoms with van der Waals surface area (Å²) in [6.07, 6.45) is 0. The quantitative estimate of drug-likeness (QED) is 0.532. The molecule has 0 atom stereocenters. The van der Waals surface area contributed by atoms with Crippen LogP contribution in [0.2, 0.25) is 0 Å². The van der Waals surface area contributed by atoms with Gasteiger partial charge in [-0.15, -0.1) is 0 Å². The number of ether oxygens (including phenoxy) is 2. The monoisotopic (exact) mass is 354 g/mol. The zero-order valence-corrected chi connectivity index (χ0v) is 14.1. The Hall–Kier alpha value is -3.48. The second kappa shape index (κ2) is 7.18. The molecule has 132 valence electrons. The Balaban J connectivity index is 2.03. The van der Waals surface area contributed by atoms with Crippen molar-refractivity contribution in [2.45, 2.75) is 6.92 Å². The molecular formula is C19H15FN2O4. The zero-order valence-electron chi connectivity index (χ0n) is 14.1. The molecule has 0 spiro atoms. The van der Waals surface area contributed by atoms with Gasteiger partial charge in [0.1, 0.15) is 11.5 Å². The highest BCUT2D eigenvalue weighted by molar-refractivity contribution is 5.89. The molecule has 0 aliphatic rings. The lowest BCUT2D eigenvalue weighted by Crippen LogP contribution is -2.26. The number of hydrogen-bond donors (Lipinski definition) is 0. The molecule has 0 radical (unpaired) electrons. The van der Waals surface area contributed by atoms with Gasteiger partial charge in [0.15, 0.2) is 11.5 Å². The Morgan fingerprint density at radius 2 is 1.73 bits per heavy atom. The van der Waals surface area contributed by atoms with Gasteiger partial charge in [-0.1, -0.05) is 24.3 Å². The fraction of sp³-hybridized carbons (Fsp3) is 0.105. The molecule has 0 N–H and O–H groups in total. The summed E-state index contributed by atoms with van der Waals surface area (Å²) in [5, 5.41) is 4.00. The molecule has 1 heterocycles. The molecule has 0 saturated carbocycles. The molecule has 3 aromatic rings. The molecule has 3 rings (SSSR count). The molecule has 0 aliphatic heterocycles. The van der Waals surface area contributed by atoms with Gasteiger partial charge in [0.05, 0.1) is 7.11 Å². The molecule has 0 saturated heterocycles. The van der Waals surface area contributed by atoms with Crippen LogP contribution in [-0.2, 0) is 0 Å². The summed E-state index contributed by atoms with van der Waals surface area (Å²) in [7, 11) is 1.43. The number of esters is 1. The van der Waals surface area contributed by atoms with E-state index in [9.17, 15) is 14.0 Å². The van der Waals surface area contributed by atoms with E-state index in [-0.39, 0.29) is 11.4 Å². The van der Waals surface area contributed by atoms with Crippen LogP contribution in [0.15, 0.2) is 59.4 Å². The van der Waals surface area contributed by atoms with Crippen molar-refractivity contribution in [1.29, 1.82) is 0 Å². The summed E-state index contributed by atoms with van der Waals surface area (Å²) in [5.41, 5.74) is -0.565. The first-order valence-corrected chi connectivity index (χ1v) is 7.72. The van der Waals surface area contributed by atoms with Gasteiger partial charge in [-0.25, -0.2) is 13.9 Å². The van der Waals surface area contributed by atoms with Gasteiger partial charge < -0.3 is 9.47 Å². The largest absolute Gasteiger partial charge is 0.493 e. The number of carbonyl (C=O) groups is 1. The van der Waals surface area contributed by atoms with Crippen LogP contribution in [0.25, 0.3) is 5.69 Å². The Kier molecular flexibility index (Phi) is 4.79. The third-order valence-corrected chi connectivity index (χ3v) is 3.65. The molecule has 0 unspecified atom stereocenters. The molecule has 6 nitrogen and oxygen atoms in total. The van der Waals surface area contributed by atoms with Gasteiger partial charge in [0, 0.05) is 11.8 Å². The third kappa shape index (κ3) is 3.32. The van der Waals surface area contributed by atoms with E-state index in [1.165, 1.54) is 42.1 Å². The Bertz CT molecular complexity index is 1030. The van der Waals surface area contributed by atoms with Crippen LogP contribution in [0.5, 0.6) is 11.5 Å². The molecule has 1 aromatic heterocycles. The van der Waals surface area contributed by atoms with E-state index < -0.39 is 22.9 Å². The fourth-order valence-corrected chi connectivity index (χ4v) is 2.41. The number of aryl methyl sites for hydroxylation is 1. The second-order valence-corrected chi connectivity index (χ2v) is 5.40. The highest BCUT2D eigenvalue weighted by atomic mass is 19.1. The Morgan fingerprint density at radius 3 is 2.42 bits per heavy atom. The molecular weight excluding hydrogens is 339 g/mol. The first kappa shape index (κ1) is 17.3. The Labute approximate surface area is 148 Å². The molecule has 0 fully saturated rings. The summed E-state index contributed by atoms with van der Waals surface area (Å²) in [6.45, 7) is 1.59. The number of halogens is 1. The highest BCUT2D eigenvalue weighted by Crippen LogP contribution is 2.26. The van der Waals surface area contributed by atoms with Crippen LogP contribution >= 0.6 is 0 Å². The van der Waals surface area contributed by atoms with Crippen LogP contribution < -0.4 is 14.9 Å². The SMILES string of the molecule is COc1ccccc1OC(=O)c1nn(-c2ccccc2F)c(C)cc1=O. The number of rotatable bonds is 4. The minimum atomic E-state index is -0.954. The van der Waals surface area contributed by atoms with Crippen LogP contribution in [0.1, 0.15) is 16.2 Å². The van der Waals surface area contributed by atoms with E-state index >= 15 is 0 Å². The summed E-state index contributed by atoms with van der Waals surface area (Å²) in [5.74, 6) is -0.998. The smallest absolute Gasteiger partial charge is 0.368 e. The van der Waals surface area contributed by atoms with E-state index in [1.807, 2.05) is 0 Å². The second-order valence-electron chi connectivity index (χ2n) is 5.40. The van der Waals surface area contributed by atoms with E-state index in [1.54, 1.807) is 31.2 Å². The minimum Gasteiger partial charge on any atom is -0.493 e. The summed E-state index contributed by atoms with van der Waals surface area (Å²) in [6, 6.07) is 13.6. The molecule has 7 heteroatoms. The van der Waals surface area contributed by atoms with Crippen molar-refractivity contribution in [3.05, 3.63) is 82.0 Å². The van der Waals surface area contributed by atoms with Crippen molar-refractivity contribution in [3.8, 4) is 17.2 Å². The molecule has 0 bridgehead atoms. The summed E-state index contributed by atoms with van der Waals surface area (Å²) >= 11 is 0. The fourth-order valence-electron chi connectivity index (χ4n) is 2.41. The normalized spacial score (nSPS) is 10.4. The van der Waals surface area contributed by atoms with Crippen molar-refractivity contribution in [2.75, 3.05) is 7.11 Å². The van der Waals surface area contributed by atoms with E-state index in [0.29, 0.717) is 11.4 Å². The van der Waals surface area contributed by atoms with Crippen LogP contribution in [0.3, 0.4) is 0 Å². The molecule has 0 amide bonds. The predicted octanol–water partition coefficient (Wildman–Crippen LogP) is 2.91. The number of nitrogens with zero attached hydrogens (tertiary/aromatic N) is 2. The van der Waals surface area contributed by atoms with E-state index in [4.69, 9.17) is 9.47 Å². The van der Waals surface area contributed by atoms with Crippen molar-refractivity contribution in [2.24, 2.45) is 0 Å². The van der Waals surface area contributed by atoms with Gasteiger partial charge in [-0.2, -0.15) is 5.10 Å². The maximum Gasteiger partial charge on any atom is 0.368 e. The molecule has 2 aromatic carbocycles. The van der Waals surface area contributed by atoms with E-state index in [2.05, 4.69) is 5.10 Å². The lowest BCUT2D eigenvalue weighted by Gasteiger charge is -2.12. The minimum absolute atomic E-state index is 0.122. The van der Waals surface area contributed by atoms with Crippen LogP contribution in [-0.4, -0.2) is 22.9 Å². The summed E-state index contributed by atoms with van der Waals surface area (Å²) < 4.78 is 25.6. The average Bonchev–Trinajstić information content (AvgIpc) is 2.63. The van der Waals surface area contributed by atoms with Crippen LogP contribution in [0, 0.1) is 12.7 Å². The predicted molar refractivity (Wildman–Crippen MR) is 92.5 cm³/mol. The number of aromatic nitrogens is 2. The van der Waals surface area contributed by atoms with E-state index in [0.717, 1.165) is 0 Å². The zero-order chi connectivity index (χ0) is 18.7. The number of para-hydroxylation sites is 3. The van der Waals surface area contributed by atoms with Gasteiger partial charge >= 0.3 is 5.97 Å². The highest BCUT2D eigenvalue weighted by Gasteiger charge is 2.20. The average molecular weight is 354 g/mol. The van der Waals surface area contributed by atoms with Crippen molar-refractivity contribution in [3.63, 3.8) is 0 Å². The maximum absolute atomic E-state index is 14.1. The number of methoxy groups -OCH3 is 1. The van der Waals surface area contributed by atoms with Gasteiger partial charge in [0.2, 0.25) is 11.1 Å². The Morgan fingerprint density at radius 1 is 1.08 bits per heavy atom. The first-order valence-electron chi connectivity index (χ1n) is 7.72. The summed E-state index contributed by atoms with van der Waals surface area (Å²) in [4.78, 5) is 24.6. The molecule has 0 aliphatic carbocycles. The third-order valence-electron chi connectivity index (χ3n) is 3.65. The van der Waals surface area contributed by atoms with Crippen molar-refractivity contribution >= 4 is 5.97 Å². The van der Waals surface area contributed by atoms with Crippen molar-refractivity contribution in [1.82, 2.24) is 9.78 Å². The number of carbonyl (C=O) groups excluding carboxylic acids is 1. The first-order chi connectivity index (χ1) is 12.5. The maximum atomic E-state index is 14.1. The number of hydrogen-bond acceptors (Lipinski definition) is 5. The van der Waals surface area contributed by atoms with Crippen LogP contribution in [0.4, 0.5) is 4.39 Å².